The maximum Gasteiger partial charge on any atom is 0.170 e. The van der Waals surface area contributed by atoms with Gasteiger partial charge in [0.2, 0.25) is 0 Å². The molecule has 1 aromatic heterocycles. The molecule has 112 valence electrons. The zero-order valence-corrected chi connectivity index (χ0v) is 12.6. The van der Waals surface area contributed by atoms with Crippen molar-refractivity contribution in [1.82, 2.24) is 14.5 Å². The predicted molar refractivity (Wildman–Crippen MR) is 82.1 cm³/mol. The summed E-state index contributed by atoms with van der Waals surface area (Å²) >= 11 is 0. The molecule has 2 aromatic rings. The first-order valence-electron chi connectivity index (χ1n) is 6.73. The Morgan fingerprint density at radius 1 is 1.43 bits per heavy atom. The van der Waals surface area contributed by atoms with E-state index in [-0.39, 0.29) is 5.84 Å². The van der Waals surface area contributed by atoms with Gasteiger partial charge in [-0.15, -0.1) is 0 Å². The van der Waals surface area contributed by atoms with Crippen LogP contribution in [0.4, 0.5) is 0 Å². The van der Waals surface area contributed by atoms with Gasteiger partial charge in [-0.2, -0.15) is 0 Å². The van der Waals surface area contributed by atoms with Gasteiger partial charge in [-0.05, 0) is 31.2 Å². The third-order valence-electron chi connectivity index (χ3n) is 3.52. The maximum atomic E-state index is 8.71. The lowest BCUT2D eigenvalue weighted by Crippen LogP contribution is -2.20. The van der Waals surface area contributed by atoms with Crippen LogP contribution in [0, 0.1) is 6.92 Å². The number of aryl methyl sites for hydroxylation is 2. The van der Waals surface area contributed by atoms with Crippen LogP contribution >= 0.6 is 0 Å². The lowest BCUT2D eigenvalue weighted by molar-refractivity contribution is 0.306. The molecule has 0 aliphatic rings. The second kappa shape index (κ2) is 6.41. The summed E-state index contributed by atoms with van der Waals surface area (Å²) < 4.78 is 2.02. The molecule has 0 spiro atoms. The summed E-state index contributed by atoms with van der Waals surface area (Å²) in [6.45, 7) is 3.62. The Balaban J connectivity index is 2.07. The number of hydrogen-bond acceptors (Lipinski definition) is 4. The molecule has 0 amide bonds. The van der Waals surface area contributed by atoms with Gasteiger partial charge in [0.25, 0.3) is 0 Å². The van der Waals surface area contributed by atoms with E-state index in [0.717, 1.165) is 30.0 Å². The van der Waals surface area contributed by atoms with Gasteiger partial charge < -0.3 is 15.5 Å². The monoisotopic (exact) mass is 287 g/mol. The highest BCUT2D eigenvalue weighted by atomic mass is 16.4. The van der Waals surface area contributed by atoms with Gasteiger partial charge in [-0.3, -0.25) is 4.90 Å². The van der Waals surface area contributed by atoms with E-state index in [1.54, 1.807) is 6.20 Å². The summed E-state index contributed by atoms with van der Waals surface area (Å²) in [7, 11) is 4.05. The molecule has 3 N–H and O–H groups in total. The number of imidazole rings is 1. The van der Waals surface area contributed by atoms with E-state index in [1.165, 1.54) is 5.56 Å². The average molecular weight is 287 g/mol. The van der Waals surface area contributed by atoms with E-state index in [0.29, 0.717) is 0 Å². The number of nitrogens with zero attached hydrogens (tertiary/aromatic N) is 4. The van der Waals surface area contributed by atoms with Crippen LogP contribution in [0.15, 0.2) is 35.7 Å². The van der Waals surface area contributed by atoms with Crippen molar-refractivity contribution >= 4 is 5.84 Å². The Morgan fingerprint density at radius 3 is 2.76 bits per heavy atom. The molecule has 0 aliphatic carbocycles. The molecule has 0 saturated heterocycles. The first kappa shape index (κ1) is 15.1. The average Bonchev–Trinajstić information content (AvgIpc) is 2.85. The van der Waals surface area contributed by atoms with E-state index in [1.807, 2.05) is 42.9 Å². The van der Waals surface area contributed by atoms with Crippen LogP contribution in [0.3, 0.4) is 0 Å². The smallest absolute Gasteiger partial charge is 0.170 e. The van der Waals surface area contributed by atoms with Crippen molar-refractivity contribution in [3.8, 4) is 0 Å². The van der Waals surface area contributed by atoms with Gasteiger partial charge in [0.1, 0.15) is 5.82 Å². The third kappa shape index (κ3) is 3.61. The molecule has 2 rings (SSSR count). The first-order chi connectivity index (χ1) is 10.0. The topological polar surface area (TPSA) is 79.7 Å². The van der Waals surface area contributed by atoms with Crippen molar-refractivity contribution in [2.45, 2.75) is 20.0 Å². The molecule has 0 fully saturated rings. The van der Waals surface area contributed by atoms with E-state index >= 15 is 0 Å². The standard InChI is InChI=1S/C15H21N5O/c1-11-8-12(15(16)18-21)4-5-13(11)9-19(2)10-14-17-6-7-20(14)3/h4-8,21H,9-10H2,1-3H3,(H2,16,18). The van der Waals surface area contributed by atoms with Gasteiger partial charge >= 0.3 is 0 Å². The summed E-state index contributed by atoms with van der Waals surface area (Å²) in [5.74, 6) is 1.16. The fourth-order valence-electron chi connectivity index (χ4n) is 2.23. The van der Waals surface area contributed by atoms with Crippen molar-refractivity contribution in [2.75, 3.05) is 7.05 Å². The summed E-state index contributed by atoms with van der Waals surface area (Å²) in [6.07, 6.45) is 3.75. The van der Waals surface area contributed by atoms with Crippen LogP contribution in [-0.2, 0) is 20.1 Å². The Labute approximate surface area is 124 Å². The summed E-state index contributed by atoms with van der Waals surface area (Å²) in [6, 6.07) is 5.81. The van der Waals surface area contributed by atoms with E-state index in [9.17, 15) is 0 Å². The molecule has 6 heteroatoms. The lowest BCUT2D eigenvalue weighted by Gasteiger charge is -2.18. The number of oxime groups is 1. The van der Waals surface area contributed by atoms with Crippen LogP contribution in [0.5, 0.6) is 0 Å². The third-order valence-corrected chi connectivity index (χ3v) is 3.52. The van der Waals surface area contributed by atoms with Gasteiger partial charge in [0.15, 0.2) is 5.84 Å². The summed E-state index contributed by atoms with van der Waals surface area (Å²) in [4.78, 5) is 6.53. The fourth-order valence-corrected chi connectivity index (χ4v) is 2.23. The molecule has 0 bridgehead atoms. The molecule has 1 heterocycles. The molecule has 0 radical (unpaired) electrons. The number of rotatable bonds is 5. The fraction of sp³-hybridized carbons (Fsp3) is 0.333. The van der Waals surface area contributed by atoms with Crippen molar-refractivity contribution in [2.24, 2.45) is 17.9 Å². The molecule has 6 nitrogen and oxygen atoms in total. The number of nitrogens with two attached hydrogens (primary N) is 1. The number of hydrogen-bond donors (Lipinski definition) is 2. The van der Waals surface area contributed by atoms with E-state index in [2.05, 4.69) is 22.1 Å². The summed E-state index contributed by atoms with van der Waals surface area (Å²) in [5.41, 5.74) is 8.65. The second-order valence-electron chi connectivity index (χ2n) is 5.25. The van der Waals surface area contributed by atoms with Crippen molar-refractivity contribution in [3.05, 3.63) is 53.1 Å². The lowest BCUT2D eigenvalue weighted by atomic mass is 10.0. The Hall–Kier alpha value is -2.34. The number of aromatic nitrogens is 2. The van der Waals surface area contributed by atoms with Crippen molar-refractivity contribution < 1.29 is 5.21 Å². The predicted octanol–water partition coefficient (Wildman–Crippen LogP) is 1.46. The molecule has 21 heavy (non-hydrogen) atoms. The highest BCUT2D eigenvalue weighted by Gasteiger charge is 2.08. The number of benzene rings is 1. The zero-order valence-electron chi connectivity index (χ0n) is 12.6. The Kier molecular flexibility index (Phi) is 4.59. The molecular formula is C15H21N5O. The van der Waals surface area contributed by atoms with Crippen LogP contribution in [0.1, 0.15) is 22.5 Å². The molecular weight excluding hydrogens is 266 g/mol. The minimum Gasteiger partial charge on any atom is -0.409 e. The normalized spacial score (nSPS) is 12.1. The van der Waals surface area contributed by atoms with Gasteiger partial charge in [0, 0.05) is 31.5 Å². The van der Waals surface area contributed by atoms with Crippen LogP contribution in [0.25, 0.3) is 0 Å². The Morgan fingerprint density at radius 2 is 2.19 bits per heavy atom. The first-order valence-corrected chi connectivity index (χ1v) is 6.73. The van der Waals surface area contributed by atoms with Crippen molar-refractivity contribution in [1.29, 1.82) is 0 Å². The maximum absolute atomic E-state index is 8.71. The van der Waals surface area contributed by atoms with Gasteiger partial charge in [0.05, 0.1) is 6.54 Å². The Bertz CT molecular complexity index is 647. The molecule has 0 unspecified atom stereocenters. The van der Waals surface area contributed by atoms with Crippen LogP contribution in [0.2, 0.25) is 0 Å². The van der Waals surface area contributed by atoms with E-state index < -0.39 is 0 Å². The summed E-state index contributed by atoms with van der Waals surface area (Å²) in [5, 5.41) is 11.7. The molecule has 0 saturated carbocycles. The van der Waals surface area contributed by atoms with Gasteiger partial charge in [-0.1, -0.05) is 17.3 Å². The molecule has 0 atom stereocenters. The van der Waals surface area contributed by atoms with Crippen LogP contribution in [-0.4, -0.2) is 32.5 Å². The quantitative estimate of drug-likeness (QED) is 0.377. The molecule has 0 aliphatic heterocycles. The zero-order chi connectivity index (χ0) is 15.4. The number of amidine groups is 1. The SMILES string of the molecule is Cc1cc(/C(N)=N/O)ccc1CN(C)Cc1nccn1C. The van der Waals surface area contributed by atoms with Crippen LogP contribution < -0.4 is 5.73 Å². The highest BCUT2D eigenvalue weighted by molar-refractivity contribution is 5.97. The highest BCUT2D eigenvalue weighted by Crippen LogP contribution is 2.14. The van der Waals surface area contributed by atoms with Gasteiger partial charge in [-0.25, -0.2) is 4.98 Å². The minimum atomic E-state index is 0.131. The second-order valence-corrected chi connectivity index (χ2v) is 5.25. The van der Waals surface area contributed by atoms with Crippen molar-refractivity contribution in [3.63, 3.8) is 0 Å². The van der Waals surface area contributed by atoms with E-state index in [4.69, 9.17) is 10.9 Å². The molecule has 1 aromatic carbocycles. The largest absolute Gasteiger partial charge is 0.409 e. The minimum absolute atomic E-state index is 0.131.